The predicted molar refractivity (Wildman–Crippen MR) is 255 cm³/mol. The molecule has 0 radical (unpaired) electrons. The lowest BCUT2D eigenvalue weighted by molar-refractivity contribution is -0.143. The summed E-state index contributed by atoms with van der Waals surface area (Å²) in [6.07, 6.45) is 57.6. The molecule has 0 aliphatic heterocycles. The molecule has 0 bridgehead atoms. The van der Waals surface area contributed by atoms with Gasteiger partial charge in [-0.2, -0.15) is 0 Å². The van der Waals surface area contributed by atoms with Gasteiger partial charge >= 0.3 is 5.97 Å². The van der Waals surface area contributed by atoms with Gasteiger partial charge in [-0.15, -0.1) is 0 Å². The van der Waals surface area contributed by atoms with Crippen LogP contribution in [0.5, 0.6) is 0 Å². The average molecular weight is 832 g/mol. The van der Waals surface area contributed by atoms with E-state index < -0.39 is 12.1 Å². The number of hydrogen-bond donors (Lipinski definition) is 3. The number of carbonyl (C=O) groups excluding carboxylic acids is 2. The summed E-state index contributed by atoms with van der Waals surface area (Å²) in [6, 6.07) is -0.652. The van der Waals surface area contributed by atoms with Crippen molar-refractivity contribution < 1.29 is 24.5 Å². The van der Waals surface area contributed by atoms with Crippen molar-refractivity contribution in [3.63, 3.8) is 0 Å². The van der Waals surface area contributed by atoms with Crippen molar-refractivity contribution in [2.45, 2.75) is 289 Å². The van der Waals surface area contributed by atoms with Crippen LogP contribution in [0.3, 0.4) is 0 Å². The third kappa shape index (κ3) is 45.7. The number of carbonyl (C=O) groups is 2. The minimum atomic E-state index is -0.866. The number of aliphatic hydroxyl groups is 2. The second-order valence-corrected chi connectivity index (χ2v) is 17.9. The average Bonchev–Trinajstić information content (AvgIpc) is 3.24. The van der Waals surface area contributed by atoms with Gasteiger partial charge in [-0.1, -0.05) is 231 Å². The Morgan fingerprint density at radius 3 is 1.20 bits per heavy atom. The van der Waals surface area contributed by atoms with Crippen molar-refractivity contribution in [1.82, 2.24) is 5.32 Å². The van der Waals surface area contributed by atoms with Gasteiger partial charge in [0.15, 0.2) is 0 Å². The molecule has 3 N–H and O–H groups in total. The van der Waals surface area contributed by atoms with Crippen molar-refractivity contribution in [2.75, 3.05) is 13.2 Å². The lowest BCUT2D eigenvalue weighted by Crippen LogP contribution is -2.45. The van der Waals surface area contributed by atoms with Crippen LogP contribution in [-0.4, -0.2) is 47.4 Å². The maximum Gasteiger partial charge on any atom is 0.305 e. The Balaban J connectivity index is 3.57. The normalized spacial score (nSPS) is 12.8. The predicted octanol–water partition coefficient (Wildman–Crippen LogP) is 15.5. The Kier molecular flexibility index (Phi) is 47.6. The number of rotatable bonds is 48. The standard InChI is InChI=1S/C53H101NO5/c1-3-5-7-9-11-13-15-17-18-19-20-21-22-23-24-25-29-33-37-41-45-51(56)50(49-55)54-52(57)46-42-38-34-30-27-28-32-36-40-44-48-59-53(58)47-43-39-35-31-26-16-14-12-10-8-6-4-2/h28,32,41,45,50-51,55-56H,3-27,29-31,33-40,42-44,46-49H2,1-2H3,(H,54,57)/b32-28-,45-41+. The van der Waals surface area contributed by atoms with E-state index in [1.54, 1.807) is 6.08 Å². The van der Waals surface area contributed by atoms with Crippen LogP contribution in [0.1, 0.15) is 277 Å². The Bertz CT molecular complexity index is 920. The van der Waals surface area contributed by atoms with Crippen LogP contribution < -0.4 is 5.32 Å². The molecule has 0 saturated carbocycles. The first-order valence-corrected chi connectivity index (χ1v) is 26.1. The lowest BCUT2D eigenvalue weighted by Gasteiger charge is -2.20. The van der Waals surface area contributed by atoms with Gasteiger partial charge in [-0.05, 0) is 57.8 Å². The van der Waals surface area contributed by atoms with Crippen LogP contribution in [0.25, 0.3) is 0 Å². The number of unbranched alkanes of at least 4 members (excludes halogenated alkanes) is 35. The number of amides is 1. The molecule has 0 aliphatic rings. The van der Waals surface area contributed by atoms with E-state index in [0.717, 1.165) is 77.0 Å². The Morgan fingerprint density at radius 1 is 0.458 bits per heavy atom. The number of allylic oxidation sites excluding steroid dienone is 3. The summed E-state index contributed by atoms with van der Waals surface area (Å²) in [6.45, 7) is 4.82. The van der Waals surface area contributed by atoms with E-state index in [4.69, 9.17) is 4.74 Å². The molecule has 0 rings (SSSR count). The molecule has 6 heteroatoms. The Hall–Kier alpha value is -1.66. The van der Waals surface area contributed by atoms with Gasteiger partial charge in [0.1, 0.15) is 0 Å². The summed E-state index contributed by atoms with van der Waals surface area (Å²) in [7, 11) is 0. The van der Waals surface area contributed by atoms with Crippen LogP contribution in [0.15, 0.2) is 24.3 Å². The molecule has 59 heavy (non-hydrogen) atoms. The van der Waals surface area contributed by atoms with Crippen molar-refractivity contribution in [1.29, 1.82) is 0 Å². The first kappa shape index (κ1) is 57.3. The minimum absolute atomic E-state index is 0.0376. The molecular formula is C53H101NO5. The topological polar surface area (TPSA) is 95.9 Å². The largest absolute Gasteiger partial charge is 0.466 e. The summed E-state index contributed by atoms with van der Waals surface area (Å²) in [5.41, 5.74) is 0. The highest BCUT2D eigenvalue weighted by Crippen LogP contribution is 2.16. The monoisotopic (exact) mass is 832 g/mol. The van der Waals surface area contributed by atoms with E-state index in [0.29, 0.717) is 19.4 Å². The van der Waals surface area contributed by atoms with Crippen LogP contribution >= 0.6 is 0 Å². The Labute approximate surface area is 367 Å². The summed E-state index contributed by atoms with van der Waals surface area (Å²) < 4.78 is 5.42. The SMILES string of the molecule is CCCCCCCCCCCCCCCCCCCC/C=C/C(O)C(CO)NC(=O)CCCCCC/C=C\CCCCOC(=O)CCCCCCCCCCCCCC. The molecule has 0 aromatic heterocycles. The number of aliphatic hydroxyl groups excluding tert-OH is 2. The highest BCUT2D eigenvalue weighted by molar-refractivity contribution is 5.76. The van der Waals surface area contributed by atoms with Gasteiger partial charge in [0.05, 0.1) is 25.4 Å². The molecule has 2 unspecified atom stereocenters. The molecule has 0 fully saturated rings. The highest BCUT2D eigenvalue weighted by Gasteiger charge is 2.18. The van der Waals surface area contributed by atoms with Crippen LogP contribution in [0.2, 0.25) is 0 Å². The molecule has 2 atom stereocenters. The van der Waals surface area contributed by atoms with Crippen molar-refractivity contribution in [3.05, 3.63) is 24.3 Å². The highest BCUT2D eigenvalue weighted by atomic mass is 16.5. The maximum atomic E-state index is 12.4. The number of nitrogens with one attached hydrogen (secondary N) is 1. The molecule has 0 saturated heterocycles. The fraction of sp³-hybridized carbons (Fsp3) is 0.887. The van der Waals surface area contributed by atoms with Crippen LogP contribution in [-0.2, 0) is 14.3 Å². The van der Waals surface area contributed by atoms with E-state index in [2.05, 4.69) is 31.3 Å². The molecule has 0 aromatic carbocycles. The van der Waals surface area contributed by atoms with Gasteiger partial charge in [0.25, 0.3) is 0 Å². The molecule has 0 aromatic rings. The van der Waals surface area contributed by atoms with Gasteiger partial charge in [0.2, 0.25) is 5.91 Å². The zero-order valence-electron chi connectivity index (χ0n) is 39.5. The van der Waals surface area contributed by atoms with Gasteiger partial charge in [-0.3, -0.25) is 9.59 Å². The zero-order valence-corrected chi connectivity index (χ0v) is 39.5. The second-order valence-electron chi connectivity index (χ2n) is 17.9. The van der Waals surface area contributed by atoms with Gasteiger partial charge in [0, 0.05) is 12.8 Å². The maximum absolute atomic E-state index is 12.4. The van der Waals surface area contributed by atoms with Gasteiger partial charge < -0.3 is 20.3 Å². The molecule has 0 spiro atoms. The third-order valence-electron chi connectivity index (χ3n) is 12.0. The summed E-state index contributed by atoms with van der Waals surface area (Å²) in [5.74, 6) is -0.140. The van der Waals surface area contributed by atoms with Crippen LogP contribution in [0.4, 0.5) is 0 Å². The quantitative estimate of drug-likeness (QED) is 0.0322. The molecule has 0 aliphatic carbocycles. The third-order valence-corrected chi connectivity index (χ3v) is 12.0. The van der Waals surface area contributed by atoms with E-state index in [1.807, 2.05) is 6.08 Å². The zero-order chi connectivity index (χ0) is 43.0. The van der Waals surface area contributed by atoms with Crippen LogP contribution in [0, 0.1) is 0 Å². The molecule has 348 valence electrons. The van der Waals surface area contributed by atoms with Crippen molar-refractivity contribution in [2.24, 2.45) is 0 Å². The van der Waals surface area contributed by atoms with E-state index in [1.165, 1.54) is 173 Å². The second kappa shape index (κ2) is 49.0. The summed E-state index contributed by atoms with van der Waals surface area (Å²) in [5, 5.41) is 23.1. The molecular weight excluding hydrogens is 731 g/mol. The fourth-order valence-corrected chi connectivity index (χ4v) is 7.92. The first-order chi connectivity index (χ1) is 29.0. The summed E-state index contributed by atoms with van der Waals surface area (Å²) in [4.78, 5) is 24.4. The molecule has 1 amide bonds. The fourth-order valence-electron chi connectivity index (χ4n) is 7.92. The summed E-state index contributed by atoms with van der Waals surface area (Å²) >= 11 is 0. The minimum Gasteiger partial charge on any atom is -0.466 e. The first-order valence-electron chi connectivity index (χ1n) is 26.1. The molecule has 0 heterocycles. The van der Waals surface area contributed by atoms with E-state index in [-0.39, 0.29) is 18.5 Å². The molecule has 6 nitrogen and oxygen atoms in total. The lowest BCUT2D eigenvalue weighted by atomic mass is 10.0. The van der Waals surface area contributed by atoms with Crippen molar-refractivity contribution in [3.8, 4) is 0 Å². The van der Waals surface area contributed by atoms with Gasteiger partial charge in [-0.25, -0.2) is 0 Å². The number of hydrogen-bond acceptors (Lipinski definition) is 5. The smallest absolute Gasteiger partial charge is 0.305 e. The number of esters is 1. The van der Waals surface area contributed by atoms with Crippen molar-refractivity contribution >= 4 is 11.9 Å². The number of ether oxygens (including phenoxy) is 1. The van der Waals surface area contributed by atoms with E-state index in [9.17, 15) is 19.8 Å². The van der Waals surface area contributed by atoms with E-state index >= 15 is 0 Å². The Morgan fingerprint density at radius 2 is 0.797 bits per heavy atom.